The quantitative estimate of drug-likeness (QED) is 0.187. The fourth-order valence-electron chi connectivity index (χ4n) is 7.49. The van der Waals surface area contributed by atoms with Crippen LogP contribution in [0.1, 0.15) is 76.0 Å². The first-order valence-electron chi connectivity index (χ1n) is 16.0. The molecule has 0 saturated carbocycles. The molecule has 0 atom stereocenters. The minimum Gasteiger partial charge on any atom is -0.0911 e. The molecule has 0 aliphatic carbocycles. The fourth-order valence-corrected chi connectivity index (χ4v) is 11.2. The largest absolute Gasteiger partial charge is 0.247 e. The van der Waals surface area contributed by atoms with Crippen molar-refractivity contribution in [2.24, 2.45) is 0 Å². The van der Waals surface area contributed by atoms with Crippen molar-refractivity contribution in [1.82, 2.24) is 0 Å². The van der Waals surface area contributed by atoms with Gasteiger partial charge in [-0.25, -0.2) is 0 Å². The summed E-state index contributed by atoms with van der Waals surface area (Å²) in [6, 6.07) is 35.4. The van der Waals surface area contributed by atoms with Gasteiger partial charge in [-0.2, -0.15) is 0 Å². The number of hydrogen-bond acceptors (Lipinski definition) is 3. The minimum atomic E-state index is 0.207. The van der Waals surface area contributed by atoms with Crippen LogP contribution in [0.3, 0.4) is 0 Å². The molecule has 0 aromatic heterocycles. The Kier molecular flexibility index (Phi) is 7.16. The second-order valence-electron chi connectivity index (χ2n) is 13.4. The maximum absolute atomic E-state index is 2.63. The van der Waals surface area contributed by atoms with Gasteiger partial charge in [-0.1, -0.05) is 165 Å². The Morgan fingerprint density at radius 2 is 0.864 bits per heavy atom. The zero-order chi connectivity index (χ0) is 30.3. The third kappa shape index (κ3) is 4.49. The zero-order valence-corrected chi connectivity index (χ0v) is 28.7. The first-order valence-corrected chi connectivity index (χ1v) is 18.4. The minimum absolute atomic E-state index is 0.207. The molecule has 3 aliphatic rings. The van der Waals surface area contributed by atoms with Gasteiger partial charge in [0, 0.05) is 29.4 Å². The number of fused-ring (bicyclic) bond motifs is 6. The highest BCUT2D eigenvalue weighted by atomic mass is 32.2. The third-order valence-electron chi connectivity index (χ3n) is 9.66. The van der Waals surface area contributed by atoms with E-state index >= 15 is 0 Å². The fraction of sp³-hybridized carbons (Fsp3) is 0.231. The van der Waals surface area contributed by atoms with E-state index in [9.17, 15) is 0 Å². The van der Waals surface area contributed by atoms with Gasteiger partial charge in [0.2, 0.25) is 13.4 Å². The van der Waals surface area contributed by atoms with Gasteiger partial charge in [0.15, 0.2) is 0 Å². The van der Waals surface area contributed by atoms with Gasteiger partial charge in [0.05, 0.1) is 0 Å². The van der Waals surface area contributed by atoms with Crippen molar-refractivity contribution in [3.05, 3.63) is 108 Å². The molecule has 5 aromatic rings. The summed E-state index contributed by atoms with van der Waals surface area (Å²) >= 11 is 5.87. The normalized spacial score (nSPS) is 14.4. The maximum Gasteiger partial charge on any atom is 0.247 e. The summed E-state index contributed by atoms with van der Waals surface area (Å²) in [5.41, 5.74) is 13.4. The molecule has 3 heterocycles. The van der Waals surface area contributed by atoms with Crippen molar-refractivity contribution in [2.75, 3.05) is 0 Å². The molecule has 5 aromatic carbocycles. The van der Waals surface area contributed by atoms with E-state index < -0.39 is 0 Å². The van der Waals surface area contributed by atoms with Crippen LogP contribution in [0.25, 0.3) is 0 Å². The molecule has 216 valence electrons. The number of rotatable bonds is 4. The predicted octanol–water partition coefficient (Wildman–Crippen LogP) is 7.48. The van der Waals surface area contributed by atoms with E-state index in [-0.39, 0.29) is 13.4 Å². The average Bonchev–Trinajstić information content (AvgIpc) is 3.02. The molecule has 0 unspecified atom stereocenters. The van der Waals surface area contributed by atoms with Gasteiger partial charge in [-0.3, -0.25) is 0 Å². The van der Waals surface area contributed by atoms with E-state index in [4.69, 9.17) is 0 Å². The Bertz CT molecular complexity index is 1930. The third-order valence-corrected chi connectivity index (χ3v) is 13.1. The highest BCUT2D eigenvalue weighted by Crippen LogP contribution is 2.40. The molecule has 0 bridgehead atoms. The number of hydrogen-bond donors (Lipinski definition) is 0. The summed E-state index contributed by atoms with van der Waals surface area (Å²) in [4.78, 5) is 8.43. The van der Waals surface area contributed by atoms with E-state index in [2.05, 4.69) is 133 Å². The molecule has 0 nitrogen and oxygen atoms in total. The maximum atomic E-state index is 2.63. The van der Waals surface area contributed by atoms with Crippen molar-refractivity contribution in [2.45, 2.75) is 88.7 Å². The molecular formula is C39H36B2S3. The van der Waals surface area contributed by atoms with Gasteiger partial charge in [-0.05, 0) is 70.2 Å². The number of benzene rings is 5. The summed E-state index contributed by atoms with van der Waals surface area (Å²) in [6.45, 7) is 14.7. The molecule has 0 radical (unpaired) electrons. The summed E-state index contributed by atoms with van der Waals surface area (Å²) in [5.74, 6) is 1.38. The molecule has 8 rings (SSSR count). The van der Waals surface area contributed by atoms with Crippen molar-refractivity contribution >= 4 is 81.5 Å². The van der Waals surface area contributed by atoms with E-state index in [0.29, 0.717) is 17.8 Å². The Balaban J connectivity index is 1.42. The van der Waals surface area contributed by atoms with Crippen LogP contribution in [0.4, 0.5) is 0 Å². The van der Waals surface area contributed by atoms with Gasteiger partial charge >= 0.3 is 0 Å². The van der Waals surface area contributed by atoms with Gasteiger partial charge in [-0.15, -0.1) is 0 Å². The van der Waals surface area contributed by atoms with Crippen LogP contribution >= 0.6 is 35.3 Å². The Labute approximate surface area is 276 Å². The second-order valence-corrected chi connectivity index (χ2v) is 16.7. The molecule has 44 heavy (non-hydrogen) atoms. The lowest BCUT2D eigenvalue weighted by Crippen LogP contribution is -2.62. The predicted molar refractivity (Wildman–Crippen MR) is 196 cm³/mol. The smallest absolute Gasteiger partial charge is 0.0911 e. The van der Waals surface area contributed by atoms with Gasteiger partial charge < -0.3 is 0 Å². The van der Waals surface area contributed by atoms with E-state index in [1.165, 1.54) is 78.8 Å². The summed E-state index contributed by atoms with van der Waals surface area (Å²) in [7, 11) is 0. The lowest BCUT2D eigenvalue weighted by molar-refractivity contribution is 0.812. The summed E-state index contributed by atoms with van der Waals surface area (Å²) in [5, 5.41) is 0. The molecule has 0 fully saturated rings. The summed E-state index contributed by atoms with van der Waals surface area (Å²) in [6.07, 6.45) is 0. The lowest BCUT2D eigenvalue weighted by Gasteiger charge is -2.36. The zero-order valence-electron chi connectivity index (χ0n) is 26.3. The second kappa shape index (κ2) is 11.0. The monoisotopic (exact) mass is 622 g/mol. The molecule has 0 amide bonds. The van der Waals surface area contributed by atoms with Crippen molar-refractivity contribution < 1.29 is 0 Å². The van der Waals surface area contributed by atoms with Crippen LogP contribution in [-0.2, 0) is 0 Å². The van der Waals surface area contributed by atoms with E-state index in [1.54, 1.807) is 0 Å². The van der Waals surface area contributed by atoms with Crippen LogP contribution in [0.2, 0.25) is 0 Å². The van der Waals surface area contributed by atoms with Crippen LogP contribution < -0.4 is 32.8 Å². The summed E-state index contributed by atoms with van der Waals surface area (Å²) < 4.78 is 0. The average molecular weight is 623 g/mol. The standard InChI is InChI=1S/C39H36B2S3/c1-22(2)25-18-26(23(3)4)38(27(19-25)24(5)6)40-28-12-7-10-15-33(28)43-36-21-37-31(20-30(36)40)41-29-13-8-9-14-32(29)42-34-16-11-17-35(44-37)39(34)41/h7-24H,1-6H3. The molecule has 0 saturated heterocycles. The molecular weight excluding hydrogens is 586 g/mol. The van der Waals surface area contributed by atoms with Crippen molar-refractivity contribution in [3.63, 3.8) is 0 Å². The SMILES string of the molecule is CC(C)c1cc(C(C)C)c(B2c3ccccc3Sc3cc4c(cc32)B2c3ccccc3Sc3cccc(c32)S4)c(C(C)C)c1. The lowest BCUT2D eigenvalue weighted by atomic mass is 9.32. The topological polar surface area (TPSA) is 0 Å². The Hall–Kier alpha value is -2.72. The van der Waals surface area contributed by atoms with Crippen LogP contribution in [0.5, 0.6) is 0 Å². The molecule has 5 heteroatoms. The molecule has 0 spiro atoms. The van der Waals surface area contributed by atoms with Crippen molar-refractivity contribution in [1.29, 1.82) is 0 Å². The van der Waals surface area contributed by atoms with Gasteiger partial charge in [0.25, 0.3) is 0 Å². The van der Waals surface area contributed by atoms with E-state index in [1.807, 2.05) is 35.3 Å². The highest BCUT2D eigenvalue weighted by Gasteiger charge is 2.41. The van der Waals surface area contributed by atoms with Crippen molar-refractivity contribution in [3.8, 4) is 0 Å². The first-order chi connectivity index (χ1) is 21.3. The first kappa shape index (κ1) is 28.7. The Morgan fingerprint density at radius 1 is 0.409 bits per heavy atom. The molecule has 3 aliphatic heterocycles. The molecule has 0 N–H and O–H groups in total. The Morgan fingerprint density at radius 3 is 1.39 bits per heavy atom. The van der Waals surface area contributed by atoms with E-state index in [0.717, 1.165) is 0 Å². The van der Waals surface area contributed by atoms with Crippen LogP contribution in [0.15, 0.2) is 120 Å². The van der Waals surface area contributed by atoms with Gasteiger partial charge in [0.1, 0.15) is 0 Å². The van der Waals surface area contributed by atoms with Crippen LogP contribution in [-0.4, -0.2) is 13.4 Å². The van der Waals surface area contributed by atoms with Crippen LogP contribution in [0, 0.1) is 0 Å². The highest BCUT2D eigenvalue weighted by molar-refractivity contribution is 8.01.